The molecule has 0 amide bonds. The third kappa shape index (κ3) is 37.2. The van der Waals surface area contributed by atoms with Crippen molar-refractivity contribution in [3.8, 4) is 0 Å². The molecular formula is C46H86F8O21. The summed E-state index contributed by atoms with van der Waals surface area (Å²) < 4.78 is 177. The predicted molar refractivity (Wildman–Crippen MR) is 246 cm³/mol. The quantitative estimate of drug-likeness (QED) is 0.0459. The van der Waals surface area contributed by atoms with Crippen LogP contribution in [0.2, 0.25) is 0 Å². The molecule has 0 bridgehead atoms. The highest BCUT2D eigenvalue weighted by atomic mass is 19.3. The second-order valence-electron chi connectivity index (χ2n) is 17.8. The first-order valence-electron chi connectivity index (χ1n) is 25.1. The molecule has 2 unspecified atom stereocenters. The van der Waals surface area contributed by atoms with Crippen LogP contribution in [0.1, 0.15) is 53.4 Å². The van der Waals surface area contributed by atoms with E-state index in [4.69, 9.17) is 61.6 Å². The minimum Gasteiger partial charge on any atom is -0.378 e. The van der Waals surface area contributed by atoms with Gasteiger partial charge in [0.05, 0.1) is 159 Å². The van der Waals surface area contributed by atoms with E-state index in [-0.39, 0.29) is 211 Å². The van der Waals surface area contributed by atoms with E-state index in [1.165, 1.54) is 0 Å². The van der Waals surface area contributed by atoms with Crippen LogP contribution >= 0.6 is 0 Å². The molecule has 2 atom stereocenters. The van der Waals surface area contributed by atoms with Gasteiger partial charge >= 0.3 is 0 Å². The minimum atomic E-state index is -0.868. The second-order valence-corrected chi connectivity index (χ2v) is 17.8. The summed E-state index contributed by atoms with van der Waals surface area (Å²) in [6.45, 7) is 3.82. The van der Waals surface area contributed by atoms with E-state index >= 15 is 0 Å². The van der Waals surface area contributed by atoms with Crippen molar-refractivity contribution < 1.29 is 137 Å². The lowest BCUT2D eigenvalue weighted by Crippen LogP contribution is -2.43. The molecule has 0 aromatic heterocycles. The molecule has 0 aliphatic heterocycles. The number of hydrogen-bond acceptors (Lipinski definition) is 21. The van der Waals surface area contributed by atoms with Crippen molar-refractivity contribution in [2.24, 2.45) is 21.7 Å². The van der Waals surface area contributed by atoms with Crippen LogP contribution in [0, 0.1) is 21.7 Å². The van der Waals surface area contributed by atoms with Gasteiger partial charge in [-0.3, -0.25) is 0 Å². The normalized spacial score (nSPS) is 13.6. The van der Waals surface area contributed by atoms with Gasteiger partial charge in [0.2, 0.25) is 0 Å². The monoisotopic (exact) mass is 1130 g/mol. The Bertz CT molecular complexity index is 1080. The highest BCUT2D eigenvalue weighted by Gasteiger charge is 2.36. The molecule has 0 radical (unpaired) electrons. The maximum absolute atomic E-state index is 12.5. The van der Waals surface area contributed by atoms with Crippen molar-refractivity contribution >= 4 is 0 Å². The summed E-state index contributed by atoms with van der Waals surface area (Å²) in [5.74, 6) is 0. The van der Waals surface area contributed by atoms with Gasteiger partial charge in [-0.1, -0.05) is 27.7 Å². The average Bonchev–Trinajstić information content (AvgIpc) is 3.43. The van der Waals surface area contributed by atoms with Gasteiger partial charge in [-0.25, -0.2) is 0 Å². The zero-order valence-corrected chi connectivity index (χ0v) is 44.2. The van der Waals surface area contributed by atoms with Crippen molar-refractivity contribution in [1.82, 2.24) is 0 Å². The van der Waals surface area contributed by atoms with Crippen LogP contribution < -0.4 is 0 Å². The van der Waals surface area contributed by atoms with Crippen molar-refractivity contribution in [2.45, 2.75) is 65.6 Å². The number of hydrogen-bond donors (Lipinski definition) is 0. The van der Waals surface area contributed by atoms with Crippen LogP contribution in [0.15, 0.2) is 0 Å². The Morgan fingerprint density at radius 2 is 0.400 bits per heavy atom. The summed E-state index contributed by atoms with van der Waals surface area (Å²) in [4.78, 5) is 29.2. The van der Waals surface area contributed by atoms with Crippen LogP contribution in [0.5, 0.6) is 0 Å². The summed E-state index contributed by atoms with van der Waals surface area (Å²) >= 11 is 0. The van der Waals surface area contributed by atoms with E-state index in [0.29, 0.717) is 25.7 Å². The Kier molecular flexibility index (Phi) is 49.8. The Morgan fingerprint density at radius 3 is 0.587 bits per heavy atom. The molecule has 0 spiro atoms. The van der Waals surface area contributed by atoms with Gasteiger partial charge in [0.1, 0.15) is 65.1 Å². The van der Waals surface area contributed by atoms with E-state index in [1.807, 2.05) is 27.7 Å². The fourth-order valence-corrected chi connectivity index (χ4v) is 6.78. The highest BCUT2D eigenvalue weighted by molar-refractivity contribution is 4.82. The van der Waals surface area contributed by atoms with Crippen molar-refractivity contribution in [2.75, 3.05) is 211 Å². The first-order valence-corrected chi connectivity index (χ1v) is 25.1. The van der Waals surface area contributed by atoms with Gasteiger partial charge in [-0.2, -0.15) is 39.5 Å². The zero-order valence-electron chi connectivity index (χ0n) is 44.2. The first-order chi connectivity index (χ1) is 36.6. The lowest BCUT2D eigenvalue weighted by molar-refractivity contribution is -0.175. The van der Waals surface area contributed by atoms with Gasteiger partial charge in [0.15, 0.2) is 0 Å². The van der Waals surface area contributed by atoms with Gasteiger partial charge in [-0.05, 0) is 61.9 Å². The average molecular weight is 1130 g/mol. The van der Waals surface area contributed by atoms with E-state index in [9.17, 15) is 36.2 Å². The summed E-state index contributed by atoms with van der Waals surface area (Å²) in [5.41, 5.74) is -3.37. The molecule has 0 fully saturated rings. The van der Waals surface area contributed by atoms with Crippen molar-refractivity contribution in [3.63, 3.8) is 0 Å². The maximum Gasteiger partial charge on any atom is 0.111 e. The van der Waals surface area contributed by atoms with Gasteiger partial charge < -0.3 is 61.6 Å². The molecular weight excluding hydrogens is 1040 g/mol. The predicted octanol–water partition coefficient (Wildman–Crippen LogP) is 6.73. The Morgan fingerprint density at radius 1 is 0.227 bits per heavy atom. The summed E-state index contributed by atoms with van der Waals surface area (Å²) in [6.07, 6.45) is 0.0328. The molecule has 29 heteroatoms. The number of rotatable bonds is 62. The van der Waals surface area contributed by atoms with Crippen LogP contribution in [-0.2, 0) is 101 Å². The fraction of sp³-hybridized carbons (Fsp3) is 1.00. The summed E-state index contributed by atoms with van der Waals surface area (Å²) in [7, 11) is 0. The Hall–Kier alpha value is -1.40. The molecule has 0 aliphatic carbocycles. The molecule has 452 valence electrons. The van der Waals surface area contributed by atoms with E-state index < -0.39 is 33.9 Å². The third-order valence-electron chi connectivity index (χ3n) is 12.0. The maximum atomic E-state index is 12.5. The molecule has 0 N–H and O–H groups in total. The molecule has 0 aliphatic rings. The zero-order chi connectivity index (χ0) is 55.5. The number of ether oxygens (including phenoxy) is 13. The lowest BCUT2D eigenvalue weighted by Gasteiger charge is -2.35. The van der Waals surface area contributed by atoms with Crippen LogP contribution in [-0.4, -0.2) is 224 Å². The van der Waals surface area contributed by atoms with Crippen LogP contribution in [0.4, 0.5) is 36.2 Å². The molecule has 0 aromatic rings. The SMILES string of the molecule is CCC(COCCOF)(COCCOF)COCC(COCC(COCC(CC)(COCCOF)COCCOF)OCC(CC)(COCCOF)COCCOF)OCC(CC)(COCCOF)COCCOF. The van der Waals surface area contributed by atoms with E-state index in [1.54, 1.807) is 0 Å². The summed E-state index contributed by atoms with van der Waals surface area (Å²) in [5, 5.41) is 0. The molecule has 0 rings (SSSR count). The fourth-order valence-electron chi connectivity index (χ4n) is 6.78. The van der Waals surface area contributed by atoms with Gasteiger partial charge in [0.25, 0.3) is 0 Å². The summed E-state index contributed by atoms with van der Waals surface area (Å²) in [6, 6.07) is 0. The smallest absolute Gasteiger partial charge is 0.111 e. The highest BCUT2D eigenvalue weighted by Crippen LogP contribution is 2.29. The topological polar surface area (TPSA) is 194 Å². The molecule has 0 saturated heterocycles. The third-order valence-corrected chi connectivity index (χ3v) is 12.0. The lowest BCUT2D eigenvalue weighted by atomic mass is 9.87. The van der Waals surface area contributed by atoms with Crippen molar-refractivity contribution in [3.05, 3.63) is 0 Å². The Balaban J connectivity index is 6.94. The van der Waals surface area contributed by atoms with Crippen molar-refractivity contribution in [1.29, 1.82) is 0 Å². The van der Waals surface area contributed by atoms with Crippen LogP contribution in [0.3, 0.4) is 0 Å². The van der Waals surface area contributed by atoms with E-state index in [2.05, 4.69) is 39.5 Å². The molecule has 0 saturated carbocycles. The van der Waals surface area contributed by atoms with E-state index in [0.717, 1.165) is 0 Å². The number of halogens is 8. The van der Waals surface area contributed by atoms with Gasteiger partial charge in [0, 0.05) is 21.7 Å². The largest absolute Gasteiger partial charge is 0.378 e. The second kappa shape index (κ2) is 50.8. The molecule has 75 heavy (non-hydrogen) atoms. The Labute approximate surface area is 435 Å². The molecule has 0 heterocycles. The standard InChI is InChI=1S/C46H86F8O21/c1-5-43(29-55-9-17-68-47,30-56-10-18-69-48)37-64-27-41(66-39-45(7-3,33-59-13-21-72-51)34-60-14-22-73-52)25-63-26-42(67-40-46(8-4,35-61-15-23-74-53)36-62-16-24-75-54)28-65-38-44(6-2,31-57-11-19-70-49)32-58-12-20-71-50/h41-42H,5-40H2,1-4H3. The minimum absolute atomic E-state index is 0.0138. The molecule has 0 aromatic carbocycles. The first kappa shape index (κ1) is 73.6. The van der Waals surface area contributed by atoms with Crippen LogP contribution in [0.25, 0.3) is 0 Å². The molecule has 21 nitrogen and oxygen atoms in total. The van der Waals surface area contributed by atoms with Gasteiger partial charge in [-0.15, -0.1) is 0 Å².